The van der Waals surface area contributed by atoms with Gasteiger partial charge in [-0.25, -0.2) is 0 Å². The van der Waals surface area contributed by atoms with E-state index in [2.05, 4.69) is 12.6 Å². The second-order valence-corrected chi connectivity index (χ2v) is 2.90. The summed E-state index contributed by atoms with van der Waals surface area (Å²) < 4.78 is 0. The van der Waals surface area contributed by atoms with Crippen LogP contribution in [0, 0.1) is 5.92 Å². The smallest absolute Gasteiger partial charge is 0.135 e. The summed E-state index contributed by atoms with van der Waals surface area (Å²) in [6, 6.07) is 0. The summed E-state index contributed by atoms with van der Waals surface area (Å²) in [7, 11) is 0. The molecule has 0 aliphatic rings. The van der Waals surface area contributed by atoms with Gasteiger partial charge in [-0.1, -0.05) is 13.8 Å². The maximum atomic E-state index is 10.9. The average molecular weight is 146 g/mol. The van der Waals surface area contributed by atoms with Crippen molar-refractivity contribution in [2.24, 2.45) is 5.92 Å². The number of rotatable bonds is 4. The highest BCUT2D eigenvalue weighted by Crippen LogP contribution is 2.01. The van der Waals surface area contributed by atoms with Crippen LogP contribution in [0.25, 0.3) is 0 Å². The number of Topliss-reactive ketones (excluding diaryl/α,β-unsaturated/α-hetero) is 1. The van der Waals surface area contributed by atoms with E-state index >= 15 is 0 Å². The minimum Gasteiger partial charge on any atom is -0.299 e. The van der Waals surface area contributed by atoms with Crippen molar-refractivity contribution >= 4 is 18.4 Å². The molecule has 1 nitrogen and oxygen atoms in total. The highest BCUT2D eigenvalue weighted by Gasteiger charge is 2.04. The molecule has 0 aromatic rings. The van der Waals surface area contributed by atoms with Gasteiger partial charge in [0.05, 0.1) is 0 Å². The van der Waals surface area contributed by atoms with Gasteiger partial charge >= 0.3 is 0 Å². The van der Waals surface area contributed by atoms with Crippen molar-refractivity contribution in [1.29, 1.82) is 0 Å². The highest BCUT2D eigenvalue weighted by atomic mass is 32.1. The summed E-state index contributed by atoms with van der Waals surface area (Å²) >= 11 is 4.01. The van der Waals surface area contributed by atoms with Gasteiger partial charge in [-0.15, -0.1) is 0 Å². The molecule has 0 amide bonds. The third-order valence-corrected chi connectivity index (χ3v) is 1.54. The van der Waals surface area contributed by atoms with Gasteiger partial charge < -0.3 is 0 Å². The topological polar surface area (TPSA) is 17.1 Å². The number of hydrogen-bond donors (Lipinski definition) is 1. The van der Waals surface area contributed by atoms with Crippen LogP contribution in [-0.4, -0.2) is 11.5 Å². The predicted octanol–water partition coefficient (Wildman–Crippen LogP) is 1.92. The van der Waals surface area contributed by atoms with Gasteiger partial charge in [-0.3, -0.25) is 4.79 Å². The Morgan fingerprint density at radius 2 is 2.11 bits per heavy atom. The molecule has 0 aliphatic heterocycles. The van der Waals surface area contributed by atoms with Gasteiger partial charge in [0.15, 0.2) is 0 Å². The van der Waals surface area contributed by atoms with Crippen molar-refractivity contribution in [1.82, 2.24) is 0 Å². The molecular formula is C7H14OS. The molecule has 0 saturated carbocycles. The van der Waals surface area contributed by atoms with Gasteiger partial charge in [0, 0.05) is 12.3 Å². The predicted molar refractivity (Wildman–Crippen MR) is 42.9 cm³/mol. The molecule has 0 bridgehead atoms. The lowest BCUT2D eigenvalue weighted by Gasteiger charge is -2.00. The summed E-state index contributed by atoms with van der Waals surface area (Å²) in [6.45, 7) is 3.86. The summed E-state index contributed by atoms with van der Waals surface area (Å²) in [6.07, 6.45) is 1.61. The molecule has 54 valence electrons. The fourth-order valence-corrected chi connectivity index (χ4v) is 0.700. The van der Waals surface area contributed by atoms with Crippen LogP contribution in [0.3, 0.4) is 0 Å². The van der Waals surface area contributed by atoms with E-state index in [1.54, 1.807) is 0 Å². The van der Waals surface area contributed by atoms with Crippen LogP contribution < -0.4 is 0 Å². The van der Waals surface area contributed by atoms with Crippen molar-refractivity contribution in [3.63, 3.8) is 0 Å². The largest absolute Gasteiger partial charge is 0.299 e. The fraction of sp³-hybridized carbons (Fsp3) is 0.857. The lowest BCUT2D eigenvalue weighted by molar-refractivity contribution is -0.121. The van der Waals surface area contributed by atoms with E-state index in [1.165, 1.54) is 0 Å². The molecule has 9 heavy (non-hydrogen) atoms. The summed E-state index contributed by atoms with van der Waals surface area (Å²) in [5.41, 5.74) is 0. The van der Waals surface area contributed by atoms with Gasteiger partial charge in [0.2, 0.25) is 0 Å². The molecule has 0 radical (unpaired) electrons. The first-order valence-electron chi connectivity index (χ1n) is 3.32. The van der Waals surface area contributed by atoms with E-state index in [9.17, 15) is 4.79 Å². The maximum absolute atomic E-state index is 10.9. The quantitative estimate of drug-likeness (QED) is 0.600. The first-order valence-corrected chi connectivity index (χ1v) is 3.95. The molecule has 0 unspecified atom stereocenters. The van der Waals surface area contributed by atoms with Crippen molar-refractivity contribution in [3.05, 3.63) is 0 Å². The Kier molecular flexibility index (Phi) is 4.87. The second kappa shape index (κ2) is 4.86. The molecule has 0 spiro atoms. The van der Waals surface area contributed by atoms with E-state index in [-0.39, 0.29) is 5.92 Å². The van der Waals surface area contributed by atoms with Gasteiger partial charge in [0.25, 0.3) is 0 Å². The number of carbonyl (C=O) groups excluding carboxylic acids is 1. The van der Waals surface area contributed by atoms with E-state index in [0.717, 1.165) is 12.2 Å². The van der Waals surface area contributed by atoms with Crippen LogP contribution in [0.15, 0.2) is 0 Å². The van der Waals surface area contributed by atoms with E-state index in [4.69, 9.17) is 0 Å². The first kappa shape index (κ1) is 9.02. The van der Waals surface area contributed by atoms with Crippen LogP contribution in [0.1, 0.15) is 26.7 Å². The normalized spacial score (nSPS) is 10.2. The van der Waals surface area contributed by atoms with Crippen LogP contribution in [0.5, 0.6) is 0 Å². The molecule has 0 atom stereocenters. The molecule has 0 N–H and O–H groups in total. The minimum atomic E-state index is 0.199. The van der Waals surface area contributed by atoms with Crippen molar-refractivity contribution in [2.75, 3.05) is 5.75 Å². The molecule has 0 saturated heterocycles. The zero-order valence-electron chi connectivity index (χ0n) is 6.05. The summed E-state index contributed by atoms with van der Waals surface area (Å²) in [5, 5.41) is 0. The third kappa shape index (κ3) is 4.52. The Hall–Kier alpha value is 0.0200. The summed E-state index contributed by atoms with van der Waals surface area (Å²) in [4.78, 5) is 10.9. The second-order valence-electron chi connectivity index (χ2n) is 2.45. The van der Waals surface area contributed by atoms with Crippen LogP contribution in [-0.2, 0) is 4.79 Å². The van der Waals surface area contributed by atoms with Crippen LogP contribution in [0.4, 0.5) is 0 Å². The zero-order valence-corrected chi connectivity index (χ0v) is 6.95. The van der Waals surface area contributed by atoms with Crippen LogP contribution >= 0.6 is 12.6 Å². The Bertz CT molecular complexity index is 88.9. The monoisotopic (exact) mass is 146 g/mol. The molecule has 0 fully saturated rings. The lowest BCUT2D eigenvalue weighted by atomic mass is 10.1. The number of carbonyl (C=O) groups is 1. The highest BCUT2D eigenvalue weighted by molar-refractivity contribution is 7.80. The van der Waals surface area contributed by atoms with Gasteiger partial charge in [-0.05, 0) is 12.2 Å². The SMILES string of the molecule is CC(C)C(=O)CCCS. The average Bonchev–Trinajstić information content (AvgIpc) is 1.82. The first-order chi connectivity index (χ1) is 4.18. The Morgan fingerprint density at radius 1 is 1.56 bits per heavy atom. The van der Waals surface area contributed by atoms with Crippen molar-refractivity contribution in [2.45, 2.75) is 26.7 Å². The zero-order chi connectivity index (χ0) is 7.28. The third-order valence-electron chi connectivity index (χ3n) is 1.23. The number of hydrogen-bond acceptors (Lipinski definition) is 2. The lowest BCUT2D eigenvalue weighted by Crippen LogP contribution is -2.06. The molecule has 2 heteroatoms. The number of thiol groups is 1. The number of ketones is 1. The Labute approximate surface area is 62.2 Å². The summed E-state index contributed by atoms with van der Waals surface area (Å²) in [5.74, 6) is 1.37. The standard InChI is InChI=1S/C7H14OS/c1-6(2)7(8)4-3-5-9/h6,9H,3-5H2,1-2H3. The molecular weight excluding hydrogens is 132 g/mol. The Morgan fingerprint density at radius 3 is 2.44 bits per heavy atom. The van der Waals surface area contributed by atoms with Gasteiger partial charge in [-0.2, -0.15) is 12.6 Å². The van der Waals surface area contributed by atoms with E-state index in [0.29, 0.717) is 12.2 Å². The van der Waals surface area contributed by atoms with Gasteiger partial charge in [0.1, 0.15) is 5.78 Å². The Balaban J connectivity index is 3.28. The molecule has 0 heterocycles. The minimum absolute atomic E-state index is 0.199. The van der Waals surface area contributed by atoms with Crippen molar-refractivity contribution in [3.8, 4) is 0 Å². The molecule has 0 aromatic carbocycles. The maximum Gasteiger partial charge on any atom is 0.135 e. The van der Waals surface area contributed by atoms with Crippen molar-refractivity contribution < 1.29 is 4.79 Å². The van der Waals surface area contributed by atoms with E-state index < -0.39 is 0 Å². The molecule has 0 aliphatic carbocycles. The molecule has 0 rings (SSSR count). The van der Waals surface area contributed by atoms with E-state index in [1.807, 2.05) is 13.8 Å². The fourth-order valence-electron chi connectivity index (χ4n) is 0.542. The van der Waals surface area contributed by atoms with Crippen LogP contribution in [0.2, 0.25) is 0 Å². The molecule has 0 aromatic heterocycles.